The molecule has 0 fully saturated rings. The Hall–Kier alpha value is -0.460. The van der Waals surface area contributed by atoms with Crippen LogP contribution in [-0.2, 0) is 0 Å². The molecular formula is C8H20N4OS. The lowest BCUT2D eigenvalue weighted by atomic mass is 10.4. The molecule has 5 N–H and O–H groups in total. The van der Waals surface area contributed by atoms with Gasteiger partial charge >= 0.3 is 6.03 Å². The summed E-state index contributed by atoms with van der Waals surface area (Å²) in [5.41, 5.74) is 4.91. The van der Waals surface area contributed by atoms with Crippen LogP contribution < -0.4 is 21.1 Å². The normalized spacial score (nSPS) is 10.1. The Morgan fingerprint density at radius 2 is 2.07 bits per heavy atom. The number of nitrogens with one attached hydrogen (secondary N) is 3. The zero-order valence-electron chi connectivity index (χ0n) is 8.64. The first kappa shape index (κ1) is 13.5. The van der Waals surface area contributed by atoms with E-state index in [4.69, 9.17) is 5.73 Å². The Morgan fingerprint density at radius 1 is 1.29 bits per heavy atom. The van der Waals surface area contributed by atoms with E-state index in [0.717, 1.165) is 31.8 Å². The molecule has 0 aliphatic heterocycles. The van der Waals surface area contributed by atoms with Crippen molar-refractivity contribution in [2.24, 2.45) is 5.73 Å². The summed E-state index contributed by atoms with van der Waals surface area (Å²) < 4.78 is 3.21. The van der Waals surface area contributed by atoms with Gasteiger partial charge in [-0.2, -0.15) is 0 Å². The molecule has 0 rings (SSSR count). The van der Waals surface area contributed by atoms with Gasteiger partial charge in [-0.3, -0.25) is 4.72 Å². The van der Waals surface area contributed by atoms with Gasteiger partial charge in [0.2, 0.25) is 0 Å². The number of urea groups is 1. The summed E-state index contributed by atoms with van der Waals surface area (Å²) in [5, 5.41) is 5.79. The van der Waals surface area contributed by atoms with Crippen molar-refractivity contribution in [1.82, 2.24) is 15.4 Å². The zero-order chi connectivity index (χ0) is 10.6. The molecule has 6 heteroatoms. The first-order valence-electron chi connectivity index (χ1n) is 4.86. The summed E-state index contributed by atoms with van der Waals surface area (Å²) in [6, 6.07) is -0.453. The fourth-order valence-electron chi connectivity index (χ4n) is 0.864. The van der Waals surface area contributed by atoms with E-state index in [1.54, 1.807) is 11.9 Å². The van der Waals surface area contributed by atoms with Crippen molar-refractivity contribution in [3.63, 3.8) is 0 Å². The van der Waals surface area contributed by atoms with Crippen LogP contribution in [0.3, 0.4) is 0 Å². The molecule has 14 heavy (non-hydrogen) atoms. The second kappa shape index (κ2) is 10.6. The van der Waals surface area contributed by atoms with Gasteiger partial charge in [0.15, 0.2) is 0 Å². The predicted molar refractivity (Wildman–Crippen MR) is 61.2 cm³/mol. The minimum atomic E-state index is -0.453. The summed E-state index contributed by atoms with van der Waals surface area (Å²) in [6.07, 6.45) is 0.907. The van der Waals surface area contributed by atoms with Crippen molar-refractivity contribution in [2.45, 2.75) is 13.3 Å². The number of hydrogen-bond acceptors (Lipinski definition) is 4. The Morgan fingerprint density at radius 3 is 2.71 bits per heavy atom. The molecule has 0 aromatic rings. The number of amides is 2. The van der Waals surface area contributed by atoms with Gasteiger partial charge in [-0.25, -0.2) is 4.79 Å². The molecular weight excluding hydrogens is 200 g/mol. The Labute approximate surface area is 89.7 Å². The summed E-state index contributed by atoms with van der Waals surface area (Å²) in [5.74, 6) is 1.09. The second-order valence-electron chi connectivity index (χ2n) is 2.72. The maximum Gasteiger partial charge on any atom is 0.312 e. The average molecular weight is 220 g/mol. The number of primary amides is 1. The Balaban J connectivity index is 2.88. The number of rotatable bonds is 9. The minimum absolute atomic E-state index is 0.453. The molecule has 0 aliphatic rings. The third-order valence-corrected chi connectivity index (χ3v) is 2.18. The van der Waals surface area contributed by atoms with Crippen molar-refractivity contribution in [2.75, 3.05) is 31.9 Å². The largest absolute Gasteiger partial charge is 0.352 e. The van der Waals surface area contributed by atoms with Gasteiger partial charge in [0.25, 0.3) is 0 Å². The molecule has 0 radical (unpaired) electrons. The number of carbonyl (C=O) groups excluding carboxylic acids is 1. The lowest BCUT2D eigenvalue weighted by Gasteiger charge is -2.05. The molecule has 84 valence electrons. The predicted octanol–water partition coefficient (Wildman–Crippen LogP) is -0.108. The smallest absolute Gasteiger partial charge is 0.312 e. The van der Waals surface area contributed by atoms with Gasteiger partial charge in [-0.15, -0.1) is 0 Å². The fourth-order valence-corrected chi connectivity index (χ4v) is 1.31. The molecule has 0 bridgehead atoms. The number of nitrogens with two attached hydrogens (primary N) is 1. The maximum atomic E-state index is 10.3. The first-order valence-corrected chi connectivity index (χ1v) is 5.84. The first-order chi connectivity index (χ1) is 6.77. The van der Waals surface area contributed by atoms with Crippen LogP contribution in [-0.4, -0.2) is 38.0 Å². The third-order valence-electron chi connectivity index (χ3n) is 1.48. The highest BCUT2D eigenvalue weighted by Gasteiger charge is 1.91. The highest BCUT2D eigenvalue weighted by atomic mass is 32.2. The van der Waals surface area contributed by atoms with Crippen molar-refractivity contribution in [3.05, 3.63) is 0 Å². The SMILES string of the molecule is CCSNCCNCCCNC(N)=O. The number of carbonyl (C=O) groups is 1. The van der Waals surface area contributed by atoms with Crippen molar-refractivity contribution >= 4 is 18.0 Å². The van der Waals surface area contributed by atoms with Crippen molar-refractivity contribution in [3.8, 4) is 0 Å². The van der Waals surface area contributed by atoms with Crippen LogP contribution in [0.5, 0.6) is 0 Å². The van der Waals surface area contributed by atoms with Crippen LogP contribution in [0, 0.1) is 0 Å². The van der Waals surface area contributed by atoms with E-state index in [2.05, 4.69) is 22.3 Å². The second-order valence-corrected chi connectivity index (χ2v) is 3.88. The summed E-state index contributed by atoms with van der Waals surface area (Å²) in [4.78, 5) is 10.3. The molecule has 0 saturated heterocycles. The fraction of sp³-hybridized carbons (Fsp3) is 0.875. The molecule has 0 saturated carbocycles. The highest BCUT2D eigenvalue weighted by Crippen LogP contribution is 1.87. The lowest BCUT2D eigenvalue weighted by molar-refractivity contribution is 0.249. The standard InChI is InChI=1S/C8H20N4OS/c1-2-14-12-7-6-10-4-3-5-11-8(9)13/h10,12H,2-7H2,1H3,(H3,9,11,13). The summed E-state index contributed by atoms with van der Waals surface area (Å²) in [7, 11) is 0. The van der Waals surface area contributed by atoms with Crippen molar-refractivity contribution in [1.29, 1.82) is 0 Å². The molecule has 0 aromatic carbocycles. The van der Waals surface area contributed by atoms with E-state index in [-0.39, 0.29) is 0 Å². The number of hydrogen-bond donors (Lipinski definition) is 4. The molecule has 2 amide bonds. The van der Waals surface area contributed by atoms with Gasteiger partial charge in [0.05, 0.1) is 0 Å². The molecule has 0 spiro atoms. The molecule has 5 nitrogen and oxygen atoms in total. The van der Waals surface area contributed by atoms with Crippen LogP contribution in [0.2, 0.25) is 0 Å². The van der Waals surface area contributed by atoms with E-state index in [0.29, 0.717) is 6.54 Å². The lowest BCUT2D eigenvalue weighted by Crippen LogP contribution is -2.32. The van der Waals surface area contributed by atoms with E-state index in [1.807, 2.05) is 0 Å². The van der Waals surface area contributed by atoms with Gasteiger partial charge < -0.3 is 16.4 Å². The van der Waals surface area contributed by atoms with Crippen LogP contribution in [0.4, 0.5) is 4.79 Å². The molecule has 0 unspecified atom stereocenters. The topological polar surface area (TPSA) is 79.2 Å². The quantitative estimate of drug-likeness (QED) is 0.323. The Kier molecular flexibility index (Phi) is 10.3. The monoisotopic (exact) mass is 220 g/mol. The van der Waals surface area contributed by atoms with E-state index >= 15 is 0 Å². The van der Waals surface area contributed by atoms with Crippen LogP contribution in [0.1, 0.15) is 13.3 Å². The third kappa shape index (κ3) is 11.5. The van der Waals surface area contributed by atoms with E-state index < -0.39 is 6.03 Å². The Bertz CT molecular complexity index is 145. The van der Waals surface area contributed by atoms with Crippen molar-refractivity contribution < 1.29 is 4.79 Å². The summed E-state index contributed by atoms with van der Waals surface area (Å²) >= 11 is 1.72. The van der Waals surface area contributed by atoms with Crippen LogP contribution in [0.15, 0.2) is 0 Å². The zero-order valence-corrected chi connectivity index (χ0v) is 9.45. The molecule has 0 aromatic heterocycles. The van der Waals surface area contributed by atoms with Gasteiger partial charge in [0.1, 0.15) is 0 Å². The van der Waals surface area contributed by atoms with Crippen LogP contribution in [0.25, 0.3) is 0 Å². The molecule has 0 atom stereocenters. The maximum absolute atomic E-state index is 10.3. The minimum Gasteiger partial charge on any atom is -0.352 e. The average Bonchev–Trinajstić information content (AvgIpc) is 2.15. The summed E-state index contributed by atoms with van der Waals surface area (Å²) in [6.45, 7) is 5.56. The highest BCUT2D eigenvalue weighted by molar-refractivity contribution is 7.97. The van der Waals surface area contributed by atoms with Crippen LogP contribution >= 0.6 is 11.9 Å². The van der Waals surface area contributed by atoms with E-state index in [9.17, 15) is 4.79 Å². The van der Waals surface area contributed by atoms with Gasteiger partial charge in [-0.1, -0.05) is 18.9 Å². The van der Waals surface area contributed by atoms with Gasteiger partial charge in [-0.05, 0) is 13.0 Å². The van der Waals surface area contributed by atoms with E-state index in [1.165, 1.54) is 0 Å². The van der Waals surface area contributed by atoms with Gasteiger partial charge in [0, 0.05) is 25.4 Å². The molecule has 0 aliphatic carbocycles. The molecule has 0 heterocycles.